The van der Waals surface area contributed by atoms with Gasteiger partial charge in [-0.05, 0) is 85.1 Å². The van der Waals surface area contributed by atoms with Gasteiger partial charge in [0.15, 0.2) is 0 Å². The first kappa shape index (κ1) is 16.2. The lowest BCUT2D eigenvalue weighted by Gasteiger charge is -2.59. The number of benzene rings is 2. The molecule has 4 saturated carbocycles. The van der Waals surface area contributed by atoms with E-state index in [0.29, 0.717) is 21.9 Å². The second kappa shape index (κ2) is 5.74. The highest BCUT2D eigenvalue weighted by molar-refractivity contribution is 6.33. The summed E-state index contributed by atoms with van der Waals surface area (Å²) in [6.07, 6.45) is 6.03. The van der Waals surface area contributed by atoms with Crippen molar-refractivity contribution in [1.82, 2.24) is 0 Å². The molecule has 4 fully saturated rings. The van der Waals surface area contributed by atoms with Crippen LogP contribution in [0.25, 0.3) is 11.1 Å². The predicted octanol–water partition coefficient (Wildman–Crippen LogP) is 6.30. The molecule has 0 unspecified atom stereocenters. The molecule has 0 aromatic heterocycles. The molecule has 0 saturated heterocycles. The third-order valence-corrected chi connectivity index (χ3v) is 7.53. The van der Waals surface area contributed by atoms with E-state index >= 15 is 0 Å². The standard InChI is InChI=1S/C22H22Cl2O/c23-18-6-4-15(5-7-18)21-19(2-1-3-20(21)24)22(25)16-9-13-8-14(11-16)12-17(22)10-13/h1-7,13-14,16-17,25H,8-12H2. The highest BCUT2D eigenvalue weighted by Crippen LogP contribution is 2.63. The monoisotopic (exact) mass is 372 g/mol. The van der Waals surface area contributed by atoms with E-state index in [9.17, 15) is 5.11 Å². The summed E-state index contributed by atoms with van der Waals surface area (Å²) in [5.41, 5.74) is 2.30. The van der Waals surface area contributed by atoms with Gasteiger partial charge in [-0.15, -0.1) is 0 Å². The van der Waals surface area contributed by atoms with Crippen LogP contribution in [0.5, 0.6) is 0 Å². The lowest BCUT2D eigenvalue weighted by Crippen LogP contribution is -2.55. The van der Waals surface area contributed by atoms with Gasteiger partial charge in [-0.25, -0.2) is 0 Å². The van der Waals surface area contributed by atoms with Crippen molar-refractivity contribution >= 4 is 23.2 Å². The molecule has 1 N–H and O–H groups in total. The highest BCUT2D eigenvalue weighted by atomic mass is 35.5. The van der Waals surface area contributed by atoms with Crippen LogP contribution >= 0.6 is 23.2 Å². The first-order valence-electron chi connectivity index (χ1n) is 9.33. The third kappa shape index (κ3) is 2.40. The second-order valence-electron chi connectivity index (χ2n) is 8.30. The summed E-state index contributed by atoms with van der Waals surface area (Å²) in [4.78, 5) is 0. The van der Waals surface area contributed by atoms with Crippen molar-refractivity contribution in [1.29, 1.82) is 0 Å². The summed E-state index contributed by atoms with van der Waals surface area (Å²) in [7, 11) is 0. The Labute approximate surface area is 159 Å². The number of hydrogen-bond acceptors (Lipinski definition) is 1. The van der Waals surface area contributed by atoms with Crippen molar-refractivity contribution in [3.8, 4) is 11.1 Å². The largest absolute Gasteiger partial charge is 0.385 e. The molecule has 4 aliphatic carbocycles. The molecule has 2 aromatic rings. The minimum absolute atomic E-state index is 0.369. The smallest absolute Gasteiger partial charge is 0.0959 e. The zero-order chi connectivity index (χ0) is 17.2. The van der Waals surface area contributed by atoms with E-state index in [4.69, 9.17) is 23.2 Å². The predicted molar refractivity (Wildman–Crippen MR) is 103 cm³/mol. The van der Waals surface area contributed by atoms with Crippen LogP contribution in [0.15, 0.2) is 42.5 Å². The topological polar surface area (TPSA) is 20.2 Å². The van der Waals surface area contributed by atoms with Crippen LogP contribution in [0.1, 0.15) is 37.7 Å². The van der Waals surface area contributed by atoms with Crippen molar-refractivity contribution in [2.24, 2.45) is 23.7 Å². The Kier molecular flexibility index (Phi) is 3.71. The number of hydrogen-bond donors (Lipinski definition) is 1. The Balaban J connectivity index is 1.67. The van der Waals surface area contributed by atoms with Crippen LogP contribution in [0.4, 0.5) is 0 Å². The summed E-state index contributed by atoms with van der Waals surface area (Å²) in [6, 6.07) is 13.8. The normalized spacial score (nSPS) is 36.0. The molecule has 6 rings (SSSR count). The molecule has 0 radical (unpaired) electrons. The van der Waals surface area contributed by atoms with Gasteiger partial charge in [0.2, 0.25) is 0 Å². The molecular formula is C22H22Cl2O. The minimum atomic E-state index is -0.743. The molecule has 4 aliphatic rings. The lowest BCUT2D eigenvalue weighted by molar-refractivity contribution is -0.179. The molecule has 0 heterocycles. The molecule has 0 amide bonds. The maximum atomic E-state index is 12.0. The first-order chi connectivity index (χ1) is 12.1. The fourth-order valence-electron chi connectivity index (χ4n) is 6.11. The molecular weight excluding hydrogens is 351 g/mol. The van der Waals surface area contributed by atoms with Crippen LogP contribution in [0.2, 0.25) is 10.0 Å². The first-order valence-corrected chi connectivity index (χ1v) is 10.1. The van der Waals surface area contributed by atoms with E-state index < -0.39 is 5.60 Å². The van der Waals surface area contributed by atoms with E-state index in [1.165, 1.54) is 6.42 Å². The van der Waals surface area contributed by atoms with Crippen molar-refractivity contribution in [2.75, 3.05) is 0 Å². The average molecular weight is 373 g/mol. The van der Waals surface area contributed by atoms with Crippen LogP contribution in [-0.4, -0.2) is 5.11 Å². The Morgan fingerprint density at radius 3 is 2.00 bits per heavy atom. The Bertz CT molecular complexity index is 783. The third-order valence-electron chi connectivity index (χ3n) is 6.96. The minimum Gasteiger partial charge on any atom is -0.385 e. The molecule has 1 nitrogen and oxygen atoms in total. The van der Waals surface area contributed by atoms with Gasteiger partial charge < -0.3 is 5.11 Å². The van der Waals surface area contributed by atoms with E-state index in [0.717, 1.165) is 54.2 Å². The average Bonchev–Trinajstić information content (AvgIpc) is 2.60. The van der Waals surface area contributed by atoms with E-state index in [2.05, 4.69) is 6.07 Å². The molecule has 4 bridgehead atoms. The summed E-state index contributed by atoms with van der Waals surface area (Å²) < 4.78 is 0. The van der Waals surface area contributed by atoms with Gasteiger partial charge in [0.1, 0.15) is 0 Å². The zero-order valence-electron chi connectivity index (χ0n) is 14.1. The second-order valence-corrected chi connectivity index (χ2v) is 9.14. The summed E-state index contributed by atoms with van der Waals surface area (Å²) in [5, 5.41) is 13.4. The van der Waals surface area contributed by atoms with Crippen LogP contribution in [0.3, 0.4) is 0 Å². The van der Waals surface area contributed by atoms with Crippen LogP contribution in [-0.2, 0) is 5.60 Å². The van der Waals surface area contributed by atoms with Crippen molar-refractivity contribution < 1.29 is 5.11 Å². The van der Waals surface area contributed by atoms with Gasteiger partial charge in [0.05, 0.1) is 5.60 Å². The van der Waals surface area contributed by atoms with Gasteiger partial charge in [-0.3, -0.25) is 0 Å². The maximum absolute atomic E-state index is 12.0. The zero-order valence-corrected chi connectivity index (χ0v) is 15.6. The molecule has 130 valence electrons. The van der Waals surface area contributed by atoms with Crippen molar-refractivity contribution in [3.63, 3.8) is 0 Å². The highest BCUT2D eigenvalue weighted by Gasteiger charge is 2.57. The molecule has 25 heavy (non-hydrogen) atoms. The fourth-order valence-corrected chi connectivity index (χ4v) is 6.52. The summed E-state index contributed by atoms with van der Waals surface area (Å²) in [6.45, 7) is 0. The molecule has 0 atom stereocenters. The summed E-state index contributed by atoms with van der Waals surface area (Å²) >= 11 is 12.7. The van der Waals surface area contributed by atoms with Crippen molar-refractivity contribution in [3.05, 3.63) is 58.1 Å². The fraction of sp³-hybridized carbons (Fsp3) is 0.455. The van der Waals surface area contributed by atoms with Gasteiger partial charge in [-0.1, -0.05) is 47.5 Å². The number of rotatable bonds is 2. The number of aliphatic hydroxyl groups is 1. The van der Waals surface area contributed by atoms with Gasteiger partial charge in [0.25, 0.3) is 0 Å². The van der Waals surface area contributed by atoms with Gasteiger partial charge >= 0.3 is 0 Å². The number of halogens is 2. The Morgan fingerprint density at radius 1 is 0.800 bits per heavy atom. The van der Waals surface area contributed by atoms with Crippen LogP contribution in [0, 0.1) is 23.7 Å². The van der Waals surface area contributed by atoms with Gasteiger partial charge in [0, 0.05) is 15.6 Å². The van der Waals surface area contributed by atoms with Crippen LogP contribution < -0.4 is 0 Å². The molecule has 3 heteroatoms. The lowest BCUT2D eigenvalue weighted by atomic mass is 9.48. The van der Waals surface area contributed by atoms with Crippen molar-refractivity contribution in [2.45, 2.75) is 37.7 Å². The molecule has 0 aliphatic heterocycles. The Hall–Kier alpha value is -1.02. The molecule has 2 aromatic carbocycles. The maximum Gasteiger partial charge on any atom is 0.0959 e. The Morgan fingerprint density at radius 2 is 1.40 bits per heavy atom. The van der Waals surface area contributed by atoms with E-state index in [1.807, 2.05) is 36.4 Å². The summed E-state index contributed by atoms with van der Waals surface area (Å²) in [5.74, 6) is 2.38. The molecule has 0 spiro atoms. The van der Waals surface area contributed by atoms with E-state index in [1.54, 1.807) is 0 Å². The SMILES string of the molecule is OC1(c2cccc(Cl)c2-c2ccc(Cl)cc2)C2CC3CC(C2)CC1C3. The quantitative estimate of drug-likeness (QED) is 0.655. The van der Waals surface area contributed by atoms with E-state index in [-0.39, 0.29) is 0 Å². The van der Waals surface area contributed by atoms with Gasteiger partial charge in [-0.2, -0.15) is 0 Å².